The third-order valence-electron chi connectivity index (χ3n) is 1.38. The fourth-order valence-electron chi connectivity index (χ4n) is 0.851. The molecule has 1 fully saturated rings. The molecule has 0 saturated carbocycles. The molecule has 0 radical (unpaired) electrons. The number of hydrogen-bond acceptors (Lipinski definition) is 3. The van der Waals surface area contributed by atoms with Crippen LogP contribution < -0.4 is 0 Å². The summed E-state index contributed by atoms with van der Waals surface area (Å²) in [4.78, 5) is 0. The van der Waals surface area contributed by atoms with Gasteiger partial charge in [0.05, 0.1) is 5.92 Å². The number of rotatable bonds is 0. The maximum Gasteiger partial charge on any atom is 0.147 e. The first-order chi connectivity index (χ1) is 5.09. The molecule has 0 aliphatic carbocycles. The molecule has 11 heavy (non-hydrogen) atoms. The van der Waals surface area contributed by atoms with E-state index in [2.05, 4.69) is 11.8 Å². The van der Waals surface area contributed by atoms with Crippen molar-refractivity contribution in [1.82, 2.24) is 0 Å². The molecule has 1 aliphatic heterocycles. The van der Waals surface area contributed by atoms with Gasteiger partial charge in [-0.05, 0) is 22.4 Å². The average molecular weight is 202 g/mol. The second-order valence-corrected chi connectivity index (χ2v) is 7.69. The zero-order valence-corrected chi connectivity index (χ0v) is 8.10. The summed E-state index contributed by atoms with van der Waals surface area (Å²) in [5, 5.41) is 0. The summed E-state index contributed by atoms with van der Waals surface area (Å²) in [6.07, 6.45) is 10.0. The van der Waals surface area contributed by atoms with Crippen molar-refractivity contribution in [2.24, 2.45) is 5.92 Å². The zero-order valence-electron chi connectivity index (χ0n) is 5.65. The van der Waals surface area contributed by atoms with E-state index in [1.165, 1.54) is 0 Å². The standard InChI is InChI=1S/C7H6OS3/c1-3-6-5-11(9,10)8-7(6)4-2/h1-2,6-7H,5H2. The van der Waals surface area contributed by atoms with Crippen molar-refractivity contribution >= 4 is 29.8 Å². The van der Waals surface area contributed by atoms with Crippen molar-refractivity contribution in [2.75, 3.05) is 5.75 Å². The summed E-state index contributed by atoms with van der Waals surface area (Å²) >= 11 is 9.96. The van der Waals surface area contributed by atoms with Crippen LogP contribution in [-0.2, 0) is 34.0 Å². The van der Waals surface area contributed by atoms with Gasteiger partial charge in [-0.2, -0.15) is 0 Å². The lowest BCUT2D eigenvalue weighted by molar-refractivity contribution is 0.297. The Morgan fingerprint density at radius 1 is 1.36 bits per heavy atom. The van der Waals surface area contributed by atoms with E-state index in [0.717, 1.165) is 0 Å². The lowest BCUT2D eigenvalue weighted by Crippen LogP contribution is -2.12. The monoisotopic (exact) mass is 202 g/mol. The Kier molecular flexibility index (Phi) is 2.51. The van der Waals surface area contributed by atoms with Gasteiger partial charge in [0.25, 0.3) is 0 Å². The van der Waals surface area contributed by atoms with E-state index in [0.29, 0.717) is 5.75 Å². The Balaban J connectivity index is 2.91. The first-order valence-corrected chi connectivity index (χ1v) is 6.50. The SMILES string of the molecule is C#CC1CS(=S)(=S)OC1C#C. The highest BCUT2D eigenvalue weighted by Crippen LogP contribution is 2.22. The molecule has 2 atom stereocenters. The third kappa shape index (κ3) is 1.91. The first-order valence-electron chi connectivity index (χ1n) is 2.92. The molecule has 0 bridgehead atoms. The molecule has 0 aromatic carbocycles. The van der Waals surface area contributed by atoms with Crippen LogP contribution in [0.2, 0.25) is 0 Å². The van der Waals surface area contributed by atoms with E-state index < -0.39 is 7.43 Å². The molecule has 2 unspecified atom stereocenters. The van der Waals surface area contributed by atoms with Gasteiger partial charge < -0.3 is 0 Å². The average Bonchev–Trinajstić information content (AvgIpc) is 2.25. The Hall–Kier alpha value is -0.130. The molecule has 0 N–H and O–H groups in total. The molecule has 58 valence electrons. The van der Waals surface area contributed by atoms with Gasteiger partial charge in [0, 0.05) is 13.2 Å². The summed E-state index contributed by atoms with van der Waals surface area (Å²) in [5.74, 6) is 5.48. The van der Waals surface area contributed by atoms with Gasteiger partial charge in [-0.15, -0.1) is 12.8 Å². The van der Waals surface area contributed by atoms with Crippen molar-refractivity contribution in [3.8, 4) is 24.7 Å². The lowest BCUT2D eigenvalue weighted by atomic mass is 10.1. The molecule has 0 spiro atoms. The largest absolute Gasteiger partial charge is 0.292 e. The Morgan fingerprint density at radius 3 is 2.36 bits per heavy atom. The highest BCUT2D eigenvalue weighted by molar-refractivity contribution is 8.54. The fourth-order valence-corrected chi connectivity index (χ4v) is 3.53. The maximum absolute atomic E-state index is 5.24. The van der Waals surface area contributed by atoms with Crippen LogP contribution in [0.25, 0.3) is 0 Å². The molecular weight excluding hydrogens is 196 g/mol. The Labute approximate surface area is 76.5 Å². The maximum atomic E-state index is 5.24. The summed E-state index contributed by atoms with van der Waals surface area (Å²) in [5.41, 5.74) is 0. The van der Waals surface area contributed by atoms with Crippen LogP contribution in [-0.4, -0.2) is 11.9 Å². The van der Waals surface area contributed by atoms with Crippen LogP contribution in [0.3, 0.4) is 0 Å². The Bertz CT molecular complexity index is 300. The van der Waals surface area contributed by atoms with Crippen molar-refractivity contribution in [2.45, 2.75) is 6.10 Å². The van der Waals surface area contributed by atoms with E-state index in [1.807, 2.05) is 0 Å². The molecular formula is C7H6OS3. The smallest absolute Gasteiger partial charge is 0.147 e. The quantitative estimate of drug-likeness (QED) is 0.522. The molecule has 1 aliphatic rings. The van der Waals surface area contributed by atoms with Crippen molar-refractivity contribution < 1.29 is 4.18 Å². The molecule has 0 amide bonds. The van der Waals surface area contributed by atoms with Crippen LogP contribution in [0, 0.1) is 30.6 Å². The van der Waals surface area contributed by atoms with Crippen LogP contribution >= 0.6 is 0 Å². The second kappa shape index (κ2) is 3.08. The van der Waals surface area contributed by atoms with E-state index >= 15 is 0 Å². The van der Waals surface area contributed by atoms with E-state index in [-0.39, 0.29) is 12.0 Å². The first kappa shape index (κ1) is 8.96. The molecule has 1 heterocycles. The predicted octanol–water partition coefficient (Wildman–Crippen LogP) is 0.261. The molecule has 1 saturated heterocycles. The van der Waals surface area contributed by atoms with Crippen molar-refractivity contribution in [3.63, 3.8) is 0 Å². The van der Waals surface area contributed by atoms with Gasteiger partial charge in [-0.1, -0.05) is 11.8 Å². The number of hydrogen-bond donors (Lipinski definition) is 0. The minimum atomic E-state index is -1.79. The third-order valence-corrected chi connectivity index (χ3v) is 3.93. The van der Waals surface area contributed by atoms with Crippen molar-refractivity contribution in [1.29, 1.82) is 0 Å². The molecule has 1 rings (SSSR count). The van der Waals surface area contributed by atoms with Gasteiger partial charge in [-0.25, -0.2) is 0 Å². The van der Waals surface area contributed by atoms with Gasteiger partial charge in [-0.3, -0.25) is 4.18 Å². The van der Waals surface area contributed by atoms with Crippen LogP contribution in [0.5, 0.6) is 0 Å². The van der Waals surface area contributed by atoms with Crippen LogP contribution in [0.15, 0.2) is 0 Å². The Morgan fingerprint density at radius 2 is 2.00 bits per heavy atom. The summed E-state index contributed by atoms with van der Waals surface area (Å²) in [7, 11) is -1.79. The predicted molar refractivity (Wildman–Crippen MR) is 53.0 cm³/mol. The molecule has 0 aromatic rings. The fraction of sp³-hybridized carbons (Fsp3) is 0.429. The topological polar surface area (TPSA) is 9.23 Å². The minimum absolute atomic E-state index is 0.0787. The van der Waals surface area contributed by atoms with Crippen molar-refractivity contribution in [3.05, 3.63) is 0 Å². The molecule has 0 aromatic heterocycles. The van der Waals surface area contributed by atoms with E-state index in [4.69, 9.17) is 39.4 Å². The highest BCUT2D eigenvalue weighted by Gasteiger charge is 2.31. The van der Waals surface area contributed by atoms with Gasteiger partial charge in [0.2, 0.25) is 0 Å². The lowest BCUT2D eigenvalue weighted by Gasteiger charge is -2.02. The summed E-state index contributed by atoms with van der Waals surface area (Å²) in [6.45, 7) is 0. The van der Waals surface area contributed by atoms with Gasteiger partial charge in [0.15, 0.2) is 0 Å². The molecule has 1 nitrogen and oxygen atoms in total. The van der Waals surface area contributed by atoms with E-state index in [1.54, 1.807) is 0 Å². The summed E-state index contributed by atoms with van der Waals surface area (Å²) in [6, 6.07) is 0. The summed E-state index contributed by atoms with van der Waals surface area (Å²) < 4.78 is 5.24. The van der Waals surface area contributed by atoms with Gasteiger partial charge >= 0.3 is 0 Å². The van der Waals surface area contributed by atoms with Gasteiger partial charge in [0.1, 0.15) is 6.10 Å². The van der Waals surface area contributed by atoms with E-state index in [9.17, 15) is 0 Å². The van der Waals surface area contributed by atoms with Crippen LogP contribution in [0.1, 0.15) is 0 Å². The number of terminal acetylenes is 2. The normalized spacial score (nSPS) is 34.0. The molecule has 4 heteroatoms. The zero-order chi connectivity index (χ0) is 8.48. The minimum Gasteiger partial charge on any atom is -0.292 e. The second-order valence-electron chi connectivity index (χ2n) is 2.18. The van der Waals surface area contributed by atoms with Crippen LogP contribution in [0.4, 0.5) is 0 Å². The highest BCUT2D eigenvalue weighted by atomic mass is 33.1.